The van der Waals surface area contributed by atoms with E-state index in [1.807, 2.05) is 0 Å². The van der Waals surface area contributed by atoms with E-state index in [1.54, 1.807) is 6.92 Å². The first kappa shape index (κ1) is 12.5. The van der Waals surface area contributed by atoms with Crippen LogP contribution in [0.15, 0.2) is 18.2 Å². The highest BCUT2D eigenvalue weighted by Crippen LogP contribution is 2.20. The largest absolute Gasteiger partial charge is 0.277 e. The summed E-state index contributed by atoms with van der Waals surface area (Å²) in [4.78, 5) is 27.6. The summed E-state index contributed by atoms with van der Waals surface area (Å²) < 4.78 is 0. The van der Waals surface area contributed by atoms with E-state index in [0.29, 0.717) is 24.3 Å². The number of hydrogen-bond donors (Lipinski definition) is 0. The van der Waals surface area contributed by atoms with Gasteiger partial charge in [-0.1, -0.05) is 0 Å². The average Bonchev–Trinajstić information content (AvgIpc) is 2.38. The van der Waals surface area contributed by atoms with Crippen molar-refractivity contribution in [3.8, 4) is 0 Å². The molecule has 1 aliphatic heterocycles. The minimum Gasteiger partial charge on any atom is -0.271 e. The van der Waals surface area contributed by atoms with Crippen molar-refractivity contribution < 1.29 is 14.6 Å². The van der Waals surface area contributed by atoms with Gasteiger partial charge in [-0.05, 0) is 31.9 Å². The quantitative estimate of drug-likeness (QED) is 0.595. The minimum absolute atomic E-state index is 0.0195. The molecule has 96 valence electrons. The van der Waals surface area contributed by atoms with Gasteiger partial charge in [0.25, 0.3) is 11.6 Å². The Hall–Kier alpha value is -1.95. The van der Waals surface area contributed by atoms with Crippen LogP contribution in [0.4, 0.5) is 5.69 Å². The first-order valence-electron chi connectivity index (χ1n) is 5.79. The van der Waals surface area contributed by atoms with Crippen LogP contribution in [0.5, 0.6) is 0 Å². The van der Waals surface area contributed by atoms with E-state index >= 15 is 0 Å². The lowest BCUT2D eigenvalue weighted by atomic mass is 10.1. The summed E-state index contributed by atoms with van der Waals surface area (Å²) in [7, 11) is 0. The van der Waals surface area contributed by atoms with Gasteiger partial charge in [-0.3, -0.25) is 19.7 Å². The number of amides is 1. The second kappa shape index (κ2) is 5.14. The molecule has 0 spiro atoms. The van der Waals surface area contributed by atoms with Gasteiger partial charge in [-0.25, -0.2) is 5.06 Å². The molecule has 2 rings (SSSR count). The Morgan fingerprint density at radius 1 is 1.44 bits per heavy atom. The van der Waals surface area contributed by atoms with Gasteiger partial charge in [0.05, 0.1) is 11.5 Å². The fraction of sp³-hybridized carbons (Fsp3) is 0.417. The van der Waals surface area contributed by atoms with E-state index in [4.69, 9.17) is 4.84 Å². The maximum absolute atomic E-state index is 12.1. The van der Waals surface area contributed by atoms with Crippen molar-refractivity contribution in [1.29, 1.82) is 0 Å². The van der Waals surface area contributed by atoms with E-state index in [9.17, 15) is 14.9 Å². The molecule has 0 N–H and O–H groups in total. The fourth-order valence-corrected chi connectivity index (χ4v) is 1.89. The van der Waals surface area contributed by atoms with Crippen molar-refractivity contribution in [3.05, 3.63) is 39.4 Å². The number of nitro groups is 1. The standard InChI is InChI=1S/C12H14N2O4/c1-9-8-10(4-5-11(9)14(16)17)12(15)13-6-2-3-7-18-13/h4-5,8H,2-3,6-7H2,1H3. The summed E-state index contributed by atoms with van der Waals surface area (Å²) in [6.07, 6.45) is 1.86. The lowest BCUT2D eigenvalue weighted by molar-refractivity contribution is -0.385. The third-order valence-corrected chi connectivity index (χ3v) is 2.87. The van der Waals surface area contributed by atoms with Gasteiger partial charge in [0.2, 0.25) is 0 Å². The van der Waals surface area contributed by atoms with E-state index in [-0.39, 0.29) is 11.6 Å². The zero-order valence-electron chi connectivity index (χ0n) is 10.1. The van der Waals surface area contributed by atoms with E-state index in [1.165, 1.54) is 23.3 Å². The predicted octanol–water partition coefficient (Wildman–Crippen LogP) is 2.07. The van der Waals surface area contributed by atoms with Crippen LogP contribution in [0, 0.1) is 17.0 Å². The molecule has 1 amide bonds. The molecule has 0 aromatic heterocycles. The van der Waals surface area contributed by atoms with Crippen molar-refractivity contribution >= 4 is 11.6 Å². The fourth-order valence-electron chi connectivity index (χ4n) is 1.89. The summed E-state index contributed by atoms with van der Waals surface area (Å²) in [5.41, 5.74) is 0.911. The van der Waals surface area contributed by atoms with Crippen LogP contribution in [-0.4, -0.2) is 29.0 Å². The highest BCUT2D eigenvalue weighted by molar-refractivity contribution is 5.94. The Morgan fingerprint density at radius 3 is 2.78 bits per heavy atom. The van der Waals surface area contributed by atoms with Crippen LogP contribution in [0.25, 0.3) is 0 Å². The molecule has 0 saturated carbocycles. The third kappa shape index (κ3) is 2.48. The molecule has 1 aromatic rings. The number of hydroxylamine groups is 2. The molecule has 1 heterocycles. The predicted molar refractivity (Wildman–Crippen MR) is 64.1 cm³/mol. The Morgan fingerprint density at radius 2 is 2.22 bits per heavy atom. The molecule has 0 unspecified atom stereocenters. The van der Waals surface area contributed by atoms with Crippen LogP contribution in [-0.2, 0) is 4.84 Å². The van der Waals surface area contributed by atoms with Crippen LogP contribution in [0.2, 0.25) is 0 Å². The maximum atomic E-state index is 12.1. The molecular formula is C12H14N2O4. The highest BCUT2D eigenvalue weighted by atomic mass is 16.7. The van der Waals surface area contributed by atoms with Crippen molar-refractivity contribution in [2.24, 2.45) is 0 Å². The van der Waals surface area contributed by atoms with Gasteiger partial charge >= 0.3 is 0 Å². The van der Waals surface area contributed by atoms with Crippen LogP contribution < -0.4 is 0 Å². The second-order valence-electron chi connectivity index (χ2n) is 4.21. The van der Waals surface area contributed by atoms with Crippen LogP contribution in [0.1, 0.15) is 28.8 Å². The minimum atomic E-state index is -0.457. The van der Waals surface area contributed by atoms with Gasteiger partial charge in [0, 0.05) is 23.7 Å². The van der Waals surface area contributed by atoms with E-state index < -0.39 is 4.92 Å². The summed E-state index contributed by atoms with van der Waals surface area (Å²) >= 11 is 0. The third-order valence-electron chi connectivity index (χ3n) is 2.87. The van der Waals surface area contributed by atoms with Crippen molar-refractivity contribution in [1.82, 2.24) is 5.06 Å². The SMILES string of the molecule is Cc1cc(C(=O)N2CCCCO2)ccc1[N+](=O)[O-]. The summed E-state index contributed by atoms with van der Waals surface area (Å²) in [5, 5.41) is 12.0. The van der Waals surface area contributed by atoms with Gasteiger partial charge in [0.15, 0.2) is 0 Å². The number of benzene rings is 1. The Labute approximate surface area is 104 Å². The molecular weight excluding hydrogens is 236 g/mol. The van der Waals surface area contributed by atoms with Gasteiger partial charge in [0.1, 0.15) is 0 Å². The molecule has 6 nitrogen and oxygen atoms in total. The molecule has 6 heteroatoms. The van der Waals surface area contributed by atoms with E-state index in [2.05, 4.69) is 0 Å². The normalized spacial score (nSPS) is 15.5. The molecule has 0 aliphatic carbocycles. The number of nitrogens with zero attached hydrogens (tertiary/aromatic N) is 2. The summed E-state index contributed by atoms with van der Waals surface area (Å²) in [6, 6.07) is 4.34. The molecule has 0 atom stereocenters. The smallest absolute Gasteiger partial charge is 0.271 e. The number of aryl methyl sites for hydroxylation is 1. The monoisotopic (exact) mass is 250 g/mol. The van der Waals surface area contributed by atoms with Gasteiger partial charge < -0.3 is 0 Å². The number of nitro benzene ring substituents is 1. The molecule has 1 aromatic carbocycles. The number of carbonyl (C=O) groups is 1. The maximum Gasteiger partial charge on any atom is 0.277 e. The van der Waals surface area contributed by atoms with Crippen molar-refractivity contribution in [2.45, 2.75) is 19.8 Å². The lowest BCUT2D eigenvalue weighted by Crippen LogP contribution is -2.35. The Balaban J connectivity index is 2.20. The van der Waals surface area contributed by atoms with Gasteiger partial charge in [-0.15, -0.1) is 0 Å². The average molecular weight is 250 g/mol. The highest BCUT2D eigenvalue weighted by Gasteiger charge is 2.21. The Bertz CT molecular complexity index is 481. The van der Waals surface area contributed by atoms with Gasteiger partial charge in [-0.2, -0.15) is 0 Å². The second-order valence-corrected chi connectivity index (χ2v) is 4.21. The van der Waals surface area contributed by atoms with Crippen molar-refractivity contribution in [2.75, 3.05) is 13.2 Å². The molecule has 0 radical (unpaired) electrons. The molecule has 1 fully saturated rings. The zero-order chi connectivity index (χ0) is 13.1. The first-order valence-corrected chi connectivity index (χ1v) is 5.79. The lowest BCUT2D eigenvalue weighted by Gasteiger charge is -2.25. The molecule has 1 saturated heterocycles. The molecule has 1 aliphatic rings. The van der Waals surface area contributed by atoms with Crippen LogP contribution in [0.3, 0.4) is 0 Å². The number of rotatable bonds is 2. The number of hydrogen-bond acceptors (Lipinski definition) is 4. The summed E-state index contributed by atoms with van der Waals surface area (Å²) in [6.45, 7) is 2.72. The molecule has 18 heavy (non-hydrogen) atoms. The Kier molecular flexibility index (Phi) is 3.57. The van der Waals surface area contributed by atoms with Crippen LogP contribution >= 0.6 is 0 Å². The first-order chi connectivity index (χ1) is 8.59. The number of carbonyl (C=O) groups excluding carboxylic acids is 1. The zero-order valence-corrected chi connectivity index (χ0v) is 10.1. The molecule has 0 bridgehead atoms. The van der Waals surface area contributed by atoms with E-state index in [0.717, 1.165) is 12.8 Å². The summed E-state index contributed by atoms with van der Waals surface area (Å²) in [5.74, 6) is -0.243. The topological polar surface area (TPSA) is 72.7 Å². The van der Waals surface area contributed by atoms with Crippen molar-refractivity contribution in [3.63, 3.8) is 0 Å².